The first kappa shape index (κ1) is 15.0. The number of esters is 1. The van der Waals surface area contributed by atoms with Crippen LogP contribution in [0, 0.1) is 5.92 Å². The highest BCUT2D eigenvalue weighted by Gasteiger charge is 2.22. The largest absolute Gasteiger partial charge is 0.462 e. The van der Waals surface area contributed by atoms with Gasteiger partial charge >= 0.3 is 5.97 Å². The number of ether oxygens (including phenoxy) is 1. The van der Waals surface area contributed by atoms with Gasteiger partial charge in [-0.2, -0.15) is 5.10 Å². The minimum Gasteiger partial charge on any atom is -0.462 e. The smallest absolute Gasteiger partial charge is 0.338 e. The van der Waals surface area contributed by atoms with Crippen molar-refractivity contribution in [3.8, 4) is 0 Å². The molecule has 0 saturated heterocycles. The van der Waals surface area contributed by atoms with Gasteiger partial charge in [-0.15, -0.1) is 0 Å². The summed E-state index contributed by atoms with van der Waals surface area (Å²) in [5.41, 5.74) is 1.37. The lowest BCUT2D eigenvalue weighted by molar-refractivity contribution is 0.0526. The number of benzene rings is 1. The summed E-state index contributed by atoms with van der Waals surface area (Å²) in [6.45, 7) is 2.46. The minimum atomic E-state index is -0.303. The molecule has 1 fully saturated rings. The number of rotatable bonds is 4. The lowest BCUT2D eigenvalue weighted by Crippen LogP contribution is -2.20. The van der Waals surface area contributed by atoms with Crippen LogP contribution in [0.3, 0.4) is 0 Å². The molecule has 5 nitrogen and oxygen atoms in total. The zero-order valence-electron chi connectivity index (χ0n) is 12.9. The number of aromatic nitrogens is 2. The molecule has 0 spiro atoms. The third-order valence-corrected chi connectivity index (χ3v) is 4.48. The molecule has 0 aliphatic heterocycles. The summed E-state index contributed by atoms with van der Waals surface area (Å²) < 4.78 is 7.05. The van der Waals surface area contributed by atoms with E-state index in [-0.39, 0.29) is 12.6 Å². The van der Waals surface area contributed by atoms with Crippen molar-refractivity contribution in [3.05, 3.63) is 30.0 Å². The molecule has 0 bridgehead atoms. The van der Waals surface area contributed by atoms with E-state index in [0.29, 0.717) is 24.1 Å². The maximum Gasteiger partial charge on any atom is 0.338 e. The van der Waals surface area contributed by atoms with Gasteiger partial charge in [-0.25, -0.2) is 4.79 Å². The van der Waals surface area contributed by atoms with E-state index in [9.17, 15) is 9.90 Å². The number of carbonyl (C=O) groups excluding carboxylic acids is 1. The van der Waals surface area contributed by atoms with Gasteiger partial charge in [0, 0.05) is 18.2 Å². The molecule has 3 rings (SSSR count). The van der Waals surface area contributed by atoms with Crippen molar-refractivity contribution in [1.82, 2.24) is 9.78 Å². The van der Waals surface area contributed by atoms with Gasteiger partial charge in [-0.1, -0.05) is 6.07 Å². The molecule has 1 aromatic carbocycles. The molecule has 1 aromatic heterocycles. The zero-order valence-corrected chi connectivity index (χ0v) is 12.9. The van der Waals surface area contributed by atoms with Crippen molar-refractivity contribution < 1.29 is 14.6 Å². The second-order valence-corrected chi connectivity index (χ2v) is 5.96. The van der Waals surface area contributed by atoms with E-state index in [4.69, 9.17) is 4.74 Å². The Balaban J connectivity index is 1.79. The monoisotopic (exact) mass is 302 g/mol. The fourth-order valence-corrected chi connectivity index (χ4v) is 3.16. The number of carbonyl (C=O) groups is 1. The van der Waals surface area contributed by atoms with Gasteiger partial charge in [-0.05, 0) is 50.7 Å². The standard InChI is InChI=1S/C17H22N2O3/c1-2-22-17(21)13-5-6-14-10-19(18-16(14)9-13)15-7-3-12(11-20)4-8-15/h5-6,9-10,12,15,20H,2-4,7-8,11H2,1H3/t12-,15-. The van der Waals surface area contributed by atoms with Crippen molar-refractivity contribution in [1.29, 1.82) is 0 Å². The molecule has 1 heterocycles. The predicted octanol–water partition coefficient (Wildman–Crippen LogP) is 2.94. The molecule has 5 heteroatoms. The van der Waals surface area contributed by atoms with E-state index in [0.717, 1.165) is 36.6 Å². The quantitative estimate of drug-likeness (QED) is 0.882. The highest BCUT2D eigenvalue weighted by Crippen LogP contribution is 2.32. The molecule has 0 amide bonds. The number of nitrogens with zero attached hydrogens (tertiary/aromatic N) is 2. The van der Waals surface area contributed by atoms with E-state index in [1.54, 1.807) is 19.1 Å². The summed E-state index contributed by atoms with van der Waals surface area (Å²) in [5, 5.41) is 14.9. The molecule has 1 aliphatic carbocycles. The summed E-state index contributed by atoms with van der Waals surface area (Å²) in [7, 11) is 0. The van der Waals surface area contributed by atoms with Crippen LogP contribution in [0.5, 0.6) is 0 Å². The van der Waals surface area contributed by atoms with Gasteiger partial charge < -0.3 is 9.84 Å². The zero-order chi connectivity index (χ0) is 15.5. The number of aliphatic hydroxyl groups is 1. The Kier molecular flexibility index (Phi) is 4.43. The highest BCUT2D eigenvalue weighted by molar-refractivity contribution is 5.94. The third-order valence-electron chi connectivity index (χ3n) is 4.48. The van der Waals surface area contributed by atoms with Crippen molar-refractivity contribution in [3.63, 3.8) is 0 Å². The molecule has 0 radical (unpaired) electrons. The number of fused-ring (bicyclic) bond motifs is 1. The highest BCUT2D eigenvalue weighted by atomic mass is 16.5. The van der Waals surface area contributed by atoms with Crippen molar-refractivity contribution in [2.75, 3.05) is 13.2 Å². The van der Waals surface area contributed by atoms with Gasteiger partial charge in [-0.3, -0.25) is 4.68 Å². The molecule has 1 N–H and O–H groups in total. The molecular weight excluding hydrogens is 280 g/mol. The Morgan fingerprint density at radius 3 is 2.82 bits per heavy atom. The molecule has 0 unspecified atom stereocenters. The SMILES string of the molecule is CCOC(=O)c1ccc2cn([C@H]3CC[C@H](CO)CC3)nc2c1. The van der Waals surface area contributed by atoms with E-state index < -0.39 is 0 Å². The van der Waals surface area contributed by atoms with Crippen LogP contribution < -0.4 is 0 Å². The van der Waals surface area contributed by atoms with Gasteiger partial charge in [0.15, 0.2) is 0 Å². The maximum atomic E-state index is 11.8. The van der Waals surface area contributed by atoms with Crippen molar-refractivity contribution in [2.45, 2.75) is 38.6 Å². The van der Waals surface area contributed by atoms with Gasteiger partial charge in [0.2, 0.25) is 0 Å². The summed E-state index contributed by atoms with van der Waals surface area (Å²) in [6, 6.07) is 5.89. The lowest BCUT2D eigenvalue weighted by Gasteiger charge is -2.27. The van der Waals surface area contributed by atoms with Crippen LogP contribution in [-0.2, 0) is 4.74 Å². The predicted molar refractivity (Wildman–Crippen MR) is 83.8 cm³/mol. The van der Waals surface area contributed by atoms with Gasteiger partial charge in [0.25, 0.3) is 0 Å². The molecular formula is C17H22N2O3. The summed E-state index contributed by atoms with van der Waals surface area (Å²) in [4.78, 5) is 11.8. The maximum absolute atomic E-state index is 11.8. The van der Waals surface area contributed by atoms with E-state index in [1.165, 1.54) is 0 Å². The van der Waals surface area contributed by atoms with E-state index >= 15 is 0 Å². The first-order valence-corrected chi connectivity index (χ1v) is 7.98. The molecule has 1 saturated carbocycles. The normalized spacial score (nSPS) is 21.9. The van der Waals surface area contributed by atoms with E-state index in [2.05, 4.69) is 5.10 Å². The Morgan fingerprint density at radius 1 is 1.36 bits per heavy atom. The van der Waals surface area contributed by atoms with Crippen LogP contribution >= 0.6 is 0 Å². The Morgan fingerprint density at radius 2 is 2.14 bits per heavy atom. The summed E-state index contributed by atoms with van der Waals surface area (Å²) >= 11 is 0. The molecule has 0 atom stereocenters. The summed E-state index contributed by atoms with van der Waals surface area (Å²) in [6.07, 6.45) is 6.24. The molecule has 2 aromatic rings. The fourth-order valence-electron chi connectivity index (χ4n) is 3.16. The average Bonchev–Trinajstić information content (AvgIpc) is 2.98. The Bertz CT molecular complexity index is 657. The summed E-state index contributed by atoms with van der Waals surface area (Å²) in [5.74, 6) is 0.138. The third kappa shape index (κ3) is 2.99. The lowest BCUT2D eigenvalue weighted by atomic mass is 9.87. The molecule has 118 valence electrons. The van der Waals surface area contributed by atoms with Crippen LogP contribution in [0.4, 0.5) is 0 Å². The average molecular weight is 302 g/mol. The van der Waals surface area contributed by atoms with Crippen LogP contribution in [0.1, 0.15) is 49.0 Å². The van der Waals surface area contributed by atoms with Gasteiger partial charge in [0.05, 0.1) is 23.7 Å². The topological polar surface area (TPSA) is 64.3 Å². The molecule has 22 heavy (non-hydrogen) atoms. The number of hydrogen-bond donors (Lipinski definition) is 1. The van der Waals surface area contributed by atoms with Gasteiger partial charge in [0.1, 0.15) is 0 Å². The Hall–Kier alpha value is -1.88. The second kappa shape index (κ2) is 6.48. The first-order chi connectivity index (χ1) is 10.7. The fraction of sp³-hybridized carbons (Fsp3) is 0.529. The minimum absolute atomic E-state index is 0.288. The second-order valence-electron chi connectivity index (χ2n) is 5.96. The van der Waals surface area contributed by atoms with Crippen molar-refractivity contribution in [2.24, 2.45) is 5.92 Å². The molecule has 1 aliphatic rings. The van der Waals surface area contributed by atoms with E-state index in [1.807, 2.05) is 16.9 Å². The van der Waals surface area contributed by atoms with Crippen LogP contribution in [0.2, 0.25) is 0 Å². The van der Waals surface area contributed by atoms with Crippen LogP contribution in [0.25, 0.3) is 10.9 Å². The first-order valence-electron chi connectivity index (χ1n) is 7.98. The van der Waals surface area contributed by atoms with Crippen molar-refractivity contribution >= 4 is 16.9 Å². The Labute approximate surface area is 129 Å². The van der Waals surface area contributed by atoms with Crippen LogP contribution in [-0.4, -0.2) is 34.1 Å². The van der Waals surface area contributed by atoms with Crippen LogP contribution in [0.15, 0.2) is 24.4 Å². The number of hydrogen-bond acceptors (Lipinski definition) is 4. The number of aliphatic hydroxyl groups excluding tert-OH is 1.